The van der Waals surface area contributed by atoms with Crippen molar-refractivity contribution >= 4 is 17.5 Å². The SMILES string of the molecule is CCC(NC(=O)CN1C(=O)CCOc2ccccc21)c1ccc(OC)cc1. The van der Waals surface area contributed by atoms with E-state index < -0.39 is 0 Å². The maximum absolute atomic E-state index is 12.7. The molecule has 1 N–H and O–H groups in total. The maximum atomic E-state index is 12.7. The molecule has 6 nitrogen and oxygen atoms in total. The van der Waals surface area contributed by atoms with Gasteiger partial charge in [0.1, 0.15) is 18.0 Å². The summed E-state index contributed by atoms with van der Waals surface area (Å²) < 4.78 is 10.8. The van der Waals surface area contributed by atoms with Crippen LogP contribution < -0.4 is 19.7 Å². The summed E-state index contributed by atoms with van der Waals surface area (Å²) in [5.74, 6) is 1.07. The first-order valence-electron chi connectivity index (χ1n) is 9.08. The molecule has 0 saturated heterocycles. The van der Waals surface area contributed by atoms with Crippen LogP contribution in [0.4, 0.5) is 5.69 Å². The van der Waals surface area contributed by atoms with Crippen molar-refractivity contribution in [2.24, 2.45) is 0 Å². The first-order valence-corrected chi connectivity index (χ1v) is 9.08. The lowest BCUT2D eigenvalue weighted by atomic mass is 10.0. The molecule has 0 aromatic heterocycles. The van der Waals surface area contributed by atoms with Crippen LogP contribution in [0.2, 0.25) is 0 Å². The number of nitrogens with one attached hydrogen (secondary N) is 1. The van der Waals surface area contributed by atoms with E-state index in [0.717, 1.165) is 17.7 Å². The molecule has 0 radical (unpaired) electrons. The summed E-state index contributed by atoms with van der Waals surface area (Å²) >= 11 is 0. The van der Waals surface area contributed by atoms with Gasteiger partial charge in [-0.2, -0.15) is 0 Å². The van der Waals surface area contributed by atoms with Gasteiger partial charge < -0.3 is 14.8 Å². The van der Waals surface area contributed by atoms with Crippen LogP contribution in [0.3, 0.4) is 0 Å². The summed E-state index contributed by atoms with van der Waals surface area (Å²) in [7, 11) is 1.62. The van der Waals surface area contributed by atoms with E-state index >= 15 is 0 Å². The van der Waals surface area contributed by atoms with E-state index in [1.807, 2.05) is 49.4 Å². The van der Waals surface area contributed by atoms with Gasteiger partial charge in [-0.3, -0.25) is 14.5 Å². The number of para-hydroxylation sites is 2. The summed E-state index contributed by atoms with van der Waals surface area (Å²) in [6, 6.07) is 14.8. The van der Waals surface area contributed by atoms with Crippen LogP contribution in [0, 0.1) is 0 Å². The number of ether oxygens (including phenoxy) is 2. The van der Waals surface area contributed by atoms with Crippen molar-refractivity contribution in [2.45, 2.75) is 25.8 Å². The third-order valence-corrected chi connectivity index (χ3v) is 4.59. The van der Waals surface area contributed by atoms with E-state index in [4.69, 9.17) is 9.47 Å². The third kappa shape index (κ3) is 4.39. The number of rotatable bonds is 6. The number of carbonyl (C=O) groups excluding carboxylic acids is 2. The fourth-order valence-electron chi connectivity index (χ4n) is 3.13. The molecule has 142 valence electrons. The summed E-state index contributed by atoms with van der Waals surface area (Å²) in [5.41, 5.74) is 1.63. The molecular formula is C21H24N2O4. The second-order valence-corrected chi connectivity index (χ2v) is 6.35. The topological polar surface area (TPSA) is 67.9 Å². The van der Waals surface area contributed by atoms with Crippen molar-refractivity contribution in [1.29, 1.82) is 0 Å². The molecule has 0 spiro atoms. The monoisotopic (exact) mass is 368 g/mol. The fourth-order valence-corrected chi connectivity index (χ4v) is 3.13. The van der Waals surface area contributed by atoms with Crippen molar-refractivity contribution in [3.63, 3.8) is 0 Å². The predicted molar refractivity (Wildman–Crippen MR) is 103 cm³/mol. The zero-order valence-corrected chi connectivity index (χ0v) is 15.6. The van der Waals surface area contributed by atoms with Crippen molar-refractivity contribution in [2.75, 3.05) is 25.2 Å². The van der Waals surface area contributed by atoms with Crippen molar-refractivity contribution in [3.8, 4) is 11.5 Å². The Kier molecular flexibility index (Phi) is 5.96. The molecule has 2 aromatic carbocycles. The van der Waals surface area contributed by atoms with Gasteiger partial charge in [0, 0.05) is 0 Å². The van der Waals surface area contributed by atoms with Crippen molar-refractivity contribution < 1.29 is 19.1 Å². The van der Waals surface area contributed by atoms with Crippen LogP contribution >= 0.6 is 0 Å². The lowest BCUT2D eigenvalue weighted by molar-refractivity contribution is -0.124. The molecule has 0 saturated carbocycles. The van der Waals surface area contributed by atoms with Gasteiger partial charge >= 0.3 is 0 Å². The molecular weight excluding hydrogens is 344 g/mol. The van der Waals surface area contributed by atoms with Gasteiger partial charge in [-0.15, -0.1) is 0 Å². The molecule has 1 aliphatic heterocycles. The summed E-state index contributed by atoms with van der Waals surface area (Å²) in [6.45, 7) is 2.29. The van der Waals surface area contributed by atoms with Crippen LogP contribution in [-0.4, -0.2) is 32.1 Å². The quantitative estimate of drug-likeness (QED) is 0.851. The van der Waals surface area contributed by atoms with Gasteiger partial charge in [0.05, 0.1) is 31.9 Å². The van der Waals surface area contributed by atoms with Crippen LogP contribution in [0.5, 0.6) is 11.5 Å². The number of hydrogen-bond donors (Lipinski definition) is 1. The number of hydrogen-bond acceptors (Lipinski definition) is 4. The van der Waals surface area contributed by atoms with Crippen LogP contribution in [0.1, 0.15) is 31.4 Å². The number of anilines is 1. The standard InChI is InChI=1S/C21H24N2O4/c1-3-17(15-8-10-16(26-2)11-9-15)22-20(24)14-23-18-6-4-5-7-19(18)27-13-12-21(23)25/h4-11,17H,3,12-14H2,1-2H3,(H,22,24). The minimum atomic E-state index is -0.206. The van der Waals surface area contributed by atoms with Gasteiger partial charge in [0.2, 0.25) is 11.8 Å². The zero-order valence-electron chi connectivity index (χ0n) is 15.6. The highest BCUT2D eigenvalue weighted by Crippen LogP contribution is 2.30. The molecule has 1 heterocycles. The average molecular weight is 368 g/mol. The lowest BCUT2D eigenvalue weighted by Gasteiger charge is -2.23. The Hall–Kier alpha value is -3.02. The number of amides is 2. The van der Waals surface area contributed by atoms with E-state index in [2.05, 4.69) is 5.32 Å². The largest absolute Gasteiger partial charge is 0.497 e. The normalized spacial score (nSPS) is 14.6. The van der Waals surface area contributed by atoms with Crippen LogP contribution in [0.25, 0.3) is 0 Å². The van der Waals surface area contributed by atoms with Crippen LogP contribution in [0.15, 0.2) is 48.5 Å². The van der Waals surface area contributed by atoms with Gasteiger partial charge in [-0.05, 0) is 36.2 Å². The Morgan fingerprint density at radius 3 is 2.67 bits per heavy atom. The number of fused-ring (bicyclic) bond motifs is 1. The Morgan fingerprint density at radius 2 is 1.96 bits per heavy atom. The van der Waals surface area contributed by atoms with E-state index in [-0.39, 0.29) is 30.8 Å². The highest BCUT2D eigenvalue weighted by molar-refractivity contribution is 6.00. The predicted octanol–water partition coefficient (Wildman–Crippen LogP) is 3.08. The summed E-state index contributed by atoms with van der Waals surface area (Å²) in [6.07, 6.45) is 0.989. The Bertz CT molecular complexity index is 804. The molecule has 1 atom stereocenters. The molecule has 6 heteroatoms. The third-order valence-electron chi connectivity index (χ3n) is 4.59. The molecule has 2 aromatic rings. The Morgan fingerprint density at radius 1 is 1.22 bits per heavy atom. The Balaban J connectivity index is 1.72. The van der Waals surface area contributed by atoms with Crippen molar-refractivity contribution in [1.82, 2.24) is 5.32 Å². The minimum Gasteiger partial charge on any atom is -0.497 e. The van der Waals surface area contributed by atoms with Gasteiger partial charge in [-0.1, -0.05) is 31.2 Å². The molecule has 27 heavy (non-hydrogen) atoms. The highest BCUT2D eigenvalue weighted by Gasteiger charge is 2.25. The second-order valence-electron chi connectivity index (χ2n) is 6.35. The molecule has 2 amide bonds. The molecule has 0 aliphatic carbocycles. The molecule has 1 aliphatic rings. The number of carbonyl (C=O) groups is 2. The molecule has 1 unspecified atom stereocenters. The maximum Gasteiger partial charge on any atom is 0.240 e. The van der Waals surface area contributed by atoms with Gasteiger partial charge in [-0.25, -0.2) is 0 Å². The number of methoxy groups -OCH3 is 1. The smallest absolute Gasteiger partial charge is 0.240 e. The summed E-state index contributed by atoms with van der Waals surface area (Å²) in [5, 5.41) is 3.03. The van der Waals surface area contributed by atoms with Gasteiger partial charge in [0.15, 0.2) is 0 Å². The summed E-state index contributed by atoms with van der Waals surface area (Å²) in [4.78, 5) is 26.6. The lowest BCUT2D eigenvalue weighted by Crippen LogP contribution is -2.41. The zero-order chi connectivity index (χ0) is 19.2. The first kappa shape index (κ1) is 18.8. The van der Waals surface area contributed by atoms with E-state index in [0.29, 0.717) is 18.0 Å². The molecule has 3 rings (SSSR count). The van der Waals surface area contributed by atoms with Crippen LogP contribution in [-0.2, 0) is 9.59 Å². The number of benzene rings is 2. The molecule has 0 bridgehead atoms. The molecule has 0 fully saturated rings. The minimum absolute atomic E-state index is 0.0359. The van der Waals surface area contributed by atoms with Crippen molar-refractivity contribution in [3.05, 3.63) is 54.1 Å². The first-order chi connectivity index (χ1) is 13.1. The van der Waals surface area contributed by atoms with Gasteiger partial charge in [0.25, 0.3) is 0 Å². The van der Waals surface area contributed by atoms with E-state index in [1.165, 1.54) is 4.90 Å². The number of nitrogens with zero attached hydrogens (tertiary/aromatic N) is 1. The Labute approximate surface area is 159 Å². The van der Waals surface area contributed by atoms with E-state index in [9.17, 15) is 9.59 Å². The fraction of sp³-hybridized carbons (Fsp3) is 0.333. The average Bonchev–Trinajstić information content (AvgIpc) is 2.85. The highest BCUT2D eigenvalue weighted by atomic mass is 16.5. The second kappa shape index (κ2) is 8.58. The van der Waals surface area contributed by atoms with E-state index in [1.54, 1.807) is 13.2 Å².